The monoisotopic (exact) mass is 1400 g/mol. The molecule has 19 nitrogen and oxygen atoms in total. The maximum atomic E-state index is 14.4. The first-order valence-electron chi connectivity index (χ1n) is 30.4. The Bertz CT molecular complexity index is 5150. The molecule has 0 amide bonds. The smallest absolute Gasteiger partial charge is 0.375 e. The van der Waals surface area contributed by atoms with Gasteiger partial charge in [-0.3, -0.25) is 29.3 Å². The number of carboxylic acid groups (broad SMARTS) is 4. The molecule has 7 heterocycles. The lowest BCUT2D eigenvalue weighted by molar-refractivity contribution is -0.135. The van der Waals surface area contributed by atoms with Gasteiger partial charge in [0.05, 0.1) is 77.1 Å². The van der Waals surface area contributed by atoms with Crippen LogP contribution in [0.3, 0.4) is 0 Å². The molecule has 3 aromatic heterocycles. The number of aliphatic imine (C=N–C) groups is 4. The van der Waals surface area contributed by atoms with E-state index in [1.54, 1.807) is 156 Å². The number of rotatable bonds is 9. The third-order valence-corrected chi connectivity index (χ3v) is 16.9. The standard InChI is InChI=1S/C19H12ClFN2O2.C19H17FN2O2.C18H12ClFN4O2.C18H11ClFN3O2/c20-11-5-7-16-14(9-11)18(13-3-1-2-4-15(13)21)22-10-12-6-8-17(19(24)25)23(12)16;1-12-7-8-17-15(9-12)19(14-5-3-4-6-16(14)20)21-10-13(2)22(17)11-18(23)24;1-9-17-22-16(18(25)26)23-24(17)14-7-6-10(19)8-12(14)15(21-9)11-4-2-3-5-13(11)20;19-10-5-6-15-13(7-10)16(12-3-1-2-4-14(12)20)21-8-11-9-22-17(18(24)25)23(11)15/h1-9H,10H2,(H,24,25);3-9H,2,10-11H2,1H3,(H,23,24);2-9H,1H3,(H,25,26);1-7,9H,8H2,(H,24,25). The number of aryl methyl sites for hydroxylation is 1. The van der Waals surface area contributed by atoms with Gasteiger partial charge in [-0.05, 0) is 141 Å². The zero-order chi connectivity index (χ0) is 70.8. The summed E-state index contributed by atoms with van der Waals surface area (Å²) in [7, 11) is 0. The molecule has 0 aliphatic carbocycles. The molecule has 4 aliphatic heterocycles. The third-order valence-electron chi connectivity index (χ3n) is 16.2. The number of nitrogens with zero attached hydrogens (tertiary/aromatic N) is 11. The molecule has 1 unspecified atom stereocenters. The molecule has 1 atom stereocenters. The first kappa shape index (κ1) is 68.0. The Kier molecular flexibility index (Phi) is 19.5. The summed E-state index contributed by atoms with van der Waals surface area (Å²) >= 11 is 18.4. The molecule has 0 saturated carbocycles. The molecule has 0 fully saturated rings. The van der Waals surface area contributed by atoms with E-state index in [4.69, 9.17) is 34.8 Å². The van der Waals surface area contributed by atoms with Crippen LogP contribution in [0.2, 0.25) is 15.1 Å². The average molecular weight is 1410 g/mol. The summed E-state index contributed by atoms with van der Waals surface area (Å²) in [5, 5.41) is 42.8. The fourth-order valence-corrected chi connectivity index (χ4v) is 12.3. The zero-order valence-corrected chi connectivity index (χ0v) is 54.8. The predicted octanol–water partition coefficient (Wildman–Crippen LogP) is 15.1. The Morgan fingerprint density at radius 2 is 0.950 bits per heavy atom. The van der Waals surface area contributed by atoms with Gasteiger partial charge in [0, 0.05) is 71.0 Å². The highest BCUT2D eigenvalue weighted by Gasteiger charge is 2.31. The van der Waals surface area contributed by atoms with E-state index in [0.29, 0.717) is 128 Å². The summed E-state index contributed by atoms with van der Waals surface area (Å²) in [4.78, 5) is 73.5. The Morgan fingerprint density at radius 1 is 0.500 bits per heavy atom. The molecule has 0 bridgehead atoms. The van der Waals surface area contributed by atoms with Gasteiger partial charge in [0.15, 0.2) is 5.82 Å². The molecule has 11 aromatic rings. The number of aliphatic carboxylic acids is 1. The van der Waals surface area contributed by atoms with E-state index in [9.17, 15) is 57.2 Å². The lowest BCUT2D eigenvalue weighted by Crippen LogP contribution is -2.29. The van der Waals surface area contributed by atoms with Gasteiger partial charge in [-0.15, -0.1) is 5.10 Å². The SMILES string of the molecule is C=C1CN=C(c2ccccc2F)c2cc(C)ccc2N1CC(=O)O.CC1N=C(c2ccccc2F)c2cc(Cl)ccc2-n2nc(C(=O)O)nc21.O=C(O)c1ccc2n1-c1ccc(Cl)cc1C(c1ccccc1F)=NC2.O=C(O)c1ncc2n1-c1ccc(Cl)cc1C(c1ccccc1F)=NC2. The lowest BCUT2D eigenvalue weighted by atomic mass is 9.98. The van der Waals surface area contributed by atoms with Crippen LogP contribution in [0.4, 0.5) is 23.2 Å². The van der Waals surface area contributed by atoms with Crippen LogP contribution in [0.25, 0.3) is 17.1 Å². The molecule has 4 aliphatic rings. The van der Waals surface area contributed by atoms with E-state index in [0.717, 1.165) is 5.56 Å². The Balaban J connectivity index is 0.000000126. The van der Waals surface area contributed by atoms with Crippen LogP contribution in [0, 0.1) is 30.2 Å². The number of hydrogen-bond donors (Lipinski definition) is 4. The summed E-state index contributed by atoms with van der Waals surface area (Å²) < 4.78 is 62.0. The number of aromatic nitrogens is 6. The summed E-state index contributed by atoms with van der Waals surface area (Å²) in [5.41, 5.74) is 11.0. The molecule has 8 aromatic carbocycles. The number of imidazole rings is 1. The van der Waals surface area contributed by atoms with Gasteiger partial charge in [-0.2, -0.15) is 0 Å². The number of fused-ring (bicyclic) bond motifs is 10. The van der Waals surface area contributed by atoms with Gasteiger partial charge >= 0.3 is 23.9 Å². The number of carboxylic acids is 4. The quantitative estimate of drug-likeness (QED) is 0.0984. The van der Waals surface area contributed by atoms with Crippen molar-refractivity contribution >= 4 is 87.2 Å². The van der Waals surface area contributed by atoms with Crippen molar-refractivity contribution in [1.29, 1.82) is 0 Å². The fourth-order valence-electron chi connectivity index (χ4n) is 11.8. The molecular weight excluding hydrogens is 1350 g/mol. The maximum absolute atomic E-state index is 14.4. The van der Waals surface area contributed by atoms with Gasteiger partial charge in [0.25, 0.3) is 5.82 Å². The molecule has 100 heavy (non-hydrogen) atoms. The summed E-state index contributed by atoms with van der Waals surface area (Å²) in [6.07, 6.45) is 1.47. The van der Waals surface area contributed by atoms with Crippen LogP contribution in [0.5, 0.6) is 0 Å². The van der Waals surface area contributed by atoms with Crippen LogP contribution in [0.15, 0.2) is 220 Å². The van der Waals surface area contributed by atoms with E-state index < -0.39 is 47.4 Å². The molecule has 500 valence electrons. The Hall–Kier alpha value is -11.9. The summed E-state index contributed by atoms with van der Waals surface area (Å²) in [6.45, 7) is 8.04. The number of aromatic carboxylic acids is 3. The minimum atomic E-state index is -1.23. The highest BCUT2D eigenvalue weighted by Crippen LogP contribution is 2.36. The van der Waals surface area contributed by atoms with E-state index in [-0.39, 0.29) is 49.3 Å². The molecule has 15 rings (SSSR count). The zero-order valence-electron chi connectivity index (χ0n) is 52.5. The van der Waals surface area contributed by atoms with Gasteiger partial charge in [0.2, 0.25) is 5.82 Å². The number of benzene rings is 8. The van der Waals surface area contributed by atoms with E-state index in [1.807, 2.05) is 25.1 Å². The third kappa shape index (κ3) is 13.7. The van der Waals surface area contributed by atoms with E-state index in [2.05, 4.69) is 41.6 Å². The number of hydrogen-bond acceptors (Lipinski definition) is 12. The predicted molar refractivity (Wildman–Crippen MR) is 371 cm³/mol. The highest BCUT2D eigenvalue weighted by molar-refractivity contribution is 6.32. The Morgan fingerprint density at radius 3 is 1.44 bits per heavy atom. The number of carbonyl (C=O) groups is 4. The second kappa shape index (κ2) is 28.6. The van der Waals surface area contributed by atoms with Gasteiger partial charge in [-0.1, -0.05) is 102 Å². The topological polar surface area (TPSA) is 255 Å². The Labute approximate surface area is 581 Å². The first-order valence-corrected chi connectivity index (χ1v) is 31.5. The second-order valence-electron chi connectivity index (χ2n) is 22.7. The van der Waals surface area contributed by atoms with Crippen molar-refractivity contribution in [2.75, 3.05) is 18.0 Å². The van der Waals surface area contributed by atoms with Crippen molar-refractivity contribution < 1.29 is 57.2 Å². The maximum Gasteiger partial charge on any atom is 0.375 e. The van der Waals surface area contributed by atoms with Gasteiger partial charge in [0.1, 0.15) is 41.5 Å². The van der Waals surface area contributed by atoms with Crippen molar-refractivity contribution in [2.45, 2.75) is 33.0 Å². The molecule has 0 spiro atoms. The lowest BCUT2D eigenvalue weighted by Gasteiger charge is -2.24. The first-order chi connectivity index (χ1) is 48.0. The number of benzodiazepines with no additional fused rings is 1. The minimum absolute atomic E-state index is 0.122. The van der Waals surface area contributed by atoms with E-state index in [1.165, 1.54) is 39.7 Å². The fraction of sp³-hybridized carbons (Fsp3) is 0.0946. The van der Waals surface area contributed by atoms with Crippen molar-refractivity contribution in [3.8, 4) is 17.1 Å². The summed E-state index contributed by atoms with van der Waals surface area (Å²) in [6, 6.07) is 48.9. The average Bonchev–Trinajstić information content (AvgIpc) is 1.61. The van der Waals surface area contributed by atoms with Crippen molar-refractivity contribution in [3.05, 3.63) is 323 Å². The van der Waals surface area contributed by atoms with Crippen LogP contribution in [-0.2, 0) is 17.9 Å². The van der Waals surface area contributed by atoms with Crippen molar-refractivity contribution in [3.63, 3.8) is 0 Å². The molecule has 4 N–H and O–H groups in total. The summed E-state index contributed by atoms with van der Waals surface area (Å²) in [5.74, 6) is -6.04. The largest absolute Gasteiger partial charge is 0.480 e. The molecule has 0 saturated heterocycles. The van der Waals surface area contributed by atoms with Crippen LogP contribution in [-0.4, -0.2) is 109 Å². The number of anilines is 1. The van der Waals surface area contributed by atoms with E-state index >= 15 is 0 Å². The van der Waals surface area contributed by atoms with Crippen molar-refractivity contribution in [1.82, 2.24) is 28.9 Å². The van der Waals surface area contributed by atoms with Crippen molar-refractivity contribution in [2.24, 2.45) is 20.0 Å². The number of halogens is 7. The van der Waals surface area contributed by atoms with Crippen LogP contribution < -0.4 is 4.90 Å². The van der Waals surface area contributed by atoms with Crippen LogP contribution >= 0.6 is 34.8 Å². The molecular formula is C74H52Cl3F4N11O8. The van der Waals surface area contributed by atoms with Crippen LogP contribution in [0.1, 0.15) is 112 Å². The second-order valence-corrected chi connectivity index (χ2v) is 24.0. The van der Waals surface area contributed by atoms with Gasteiger partial charge < -0.3 is 29.9 Å². The molecule has 26 heteroatoms. The normalized spacial score (nSPS) is 13.8. The van der Waals surface area contributed by atoms with Gasteiger partial charge in [-0.25, -0.2) is 46.6 Å². The minimum Gasteiger partial charge on any atom is -0.480 e. The molecule has 0 radical (unpaired) electrons. The highest BCUT2D eigenvalue weighted by atomic mass is 35.5.